The summed E-state index contributed by atoms with van der Waals surface area (Å²) in [5.74, 6) is -0.267. The van der Waals surface area contributed by atoms with Crippen LogP contribution in [0, 0.1) is 0 Å². The number of hydrogen-bond donors (Lipinski definition) is 0. The minimum absolute atomic E-state index is 0.00993. The molecule has 4 heteroatoms. The molecular formula is C22H27NO3. The van der Waals surface area contributed by atoms with Crippen LogP contribution >= 0.6 is 0 Å². The molecule has 0 aromatic heterocycles. The summed E-state index contributed by atoms with van der Waals surface area (Å²) < 4.78 is 4.70. The van der Waals surface area contributed by atoms with Crippen LogP contribution in [-0.2, 0) is 14.3 Å². The zero-order valence-electron chi connectivity index (χ0n) is 15.7. The molecule has 0 aliphatic carbocycles. The number of nitrogens with zero attached hydrogens (tertiary/aromatic N) is 1. The molecule has 1 amide bonds. The molecule has 138 valence electrons. The molecule has 0 heterocycles. The van der Waals surface area contributed by atoms with E-state index in [4.69, 9.17) is 4.74 Å². The lowest BCUT2D eigenvalue weighted by molar-refractivity contribution is -0.142. The second kappa shape index (κ2) is 9.76. The minimum Gasteiger partial charge on any atom is -0.469 e. The first-order valence-electron chi connectivity index (χ1n) is 8.99. The number of methoxy groups -OCH3 is 1. The fourth-order valence-electron chi connectivity index (χ4n) is 3.08. The quantitative estimate of drug-likeness (QED) is 0.674. The van der Waals surface area contributed by atoms with E-state index in [0.717, 1.165) is 11.1 Å². The fraction of sp³-hybridized carbons (Fsp3) is 0.364. The van der Waals surface area contributed by atoms with E-state index in [1.54, 1.807) is 4.90 Å². The van der Waals surface area contributed by atoms with Crippen LogP contribution in [-0.4, -0.2) is 36.5 Å². The van der Waals surface area contributed by atoms with Gasteiger partial charge in [0, 0.05) is 24.9 Å². The van der Waals surface area contributed by atoms with E-state index in [1.165, 1.54) is 7.11 Å². The fourth-order valence-corrected chi connectivity index (χ4v) is 3.08. The maximum Gasteiger partial charge on any atom is 0.307 e. The summed E-state index contributed by atoms with van der Waals surface area (Å²) in [6.45, 7) is 4.31. The van der Waals surface area contributed by atoms with Crippen LogP contribution in [0.2, 0.25) is 0 Å². The van der Waals surface area contributed by atoms with E-state index in [-0.39, 0.29) is 30.3 Å². The normalized spacial score (nSPS) is 10.8. The smallest absolute Gasteiger partial charge is 0.307 e. The summed E-state index contributed by atoms with van der Waals surface area (Å²) in [5.41, 5.74) is 2.23. The molecule has 0 N–H and O–H groups in total. The second-order valence-electron chi connectivity index (χ2n) is 6.59. The van der Waals surface area contributed by atoms with Crippen LogP contribution in [0.3, 0.4) is 0 Å². The SMILES string of the molecule is COC(=O)CCN(C(=O)CC(c1ccccc1)c1ccccc1)C(C)C. The van der Waals surface area contributed by atoms with E-state index in [1.807, 2.05) is 50.2 Å². The summed E-state index contributed by atoms with van der Waals surface area (Å²) in [5, 5.41) is 0. The Labute approximate surface area is 155 Å². The lowest BCUT2D eigenvalue weighted by Crippen LogP contribution is -2.39. The van der Waals surface area contributed by atoms with Gasteiger partial charge in [-0.2, -0.15) is 0 Å². The standard InChI is InChI=1S/C22H27NO3/c1-17(2)23(15-14-22(25)26-3)21(24)16-20(18-10-6-4-7-11-18)19-12-8-5-9-13-19/h4-13,17,20H,14-16H2,1-3H3. The lowest BCUT2D eigenvalue weighted by atomic mass is 9.88. The zero-order chi connectivity index (χ0) is 18.9. The predicted molar refractivity (Wildman–Crippen MR) is 103 cm³/mol. The second-order valence-corrected chi connectivity index (χ2v) is 6.59. The third-order valence-electron chi connectivity index (χ3n) is 4.51. The highest BCUT2D eigenvalue weighted by molar-refractivity contribution is 5.79. The van der Waals surface area contributed by atoms with Crippen molar-refractivity contribution in [1.29, 1.82) is 0 Å². The predicted octanol–water partition coefficient (Wildman–Crippen LogP) is 4.01. The first kappa shape index (κ1) is 19.7. The van der Waals surface area contributed by atoms with Crippen molar-refractivity contribution in [3.8, 4) is 0 Å². The number of ether oxygens (including phenoxy) is 1. The van der Waals surface area contributed by atoms with Gasteiger partial charge in [-0.25, -0.2) is 0 Å². The molecule has 2 rings (SSSR count). The monoisotopic (exact) mass is 353 g/mol. The molecule has 4 nitrogen and oxygen atoms in total. The Bertz CT molecular complexity index is 658. The number of hydrogen-bond acceptors (Lipinski definition) is 3. The van der Waals surface area contributed by atoms with Crippen LogP contribution in [0.15, 0.2) is 60.7 Å². The van der Waals surface area contributed by atoms with Crippen molar-refractivity contribution in [2.24, 2.45) is 0 Å². The molecule has 0 aliphatic heterocycles. The van der Waals surface area contributed by atoms with Crippen LogP contribution < -0.4 is 0 Å². The largest absolute Gasteiger partial charge is 0.469 e. The van der Waals surface area contributed by atoms with Crippen molar-refractivity contribution in [1.82, 2.24) is 4.90 Å². The van der Waals surface area contributed by atoms with Crippen molar-refractivity contribution < 1.29 is 14.3 Å². The summed E-state index contributed by atoms with van der Waals surface area (Å²) in [7, 11) is 1.37. The van der Waals surface area contributed by atoms with Gasteiger partial charge in [-0.15, -0.1) is 0 Å². The van der Waals surface area contributed by atoms with Crippen molar-refractivity contribution in [2.75, 3.05) is 13.7 Å². The highest BCUT2D eigenvalue weighted by Gasteiger charge is 2.24. The van der Waals surface area contributed by atoms with E-state index in [2.05, 4.69) is 24.3 Å². The Morgan fingerprint density at radius 2 is 1.42 bits per heavy atom. The van der Waals surface area contributed by atoms with Gasteiger partial charge in [-0.3, -0.25) is 9.59 Å². The average Bonchev–Trinajstić information content (AvgIpc) is 2.67. The van der Waals surface area contributed by atoms with E-state index < -0.39 is 0 Å². The van der Waals surface area contributed by atoms with Crippen LogP contribution in [0.4, 0.5) is 0 Å². The number of carbonyl (C=O) groups excluding carboxylic acids is 2. The van der Waals surface area contributed by atoms with E-state index in [0.29, 0.717) is 13.0 Å². The molecular weight excluding hydrogens is 326 g/mol. The minimum atomic E-state index is -0.300. The summed E-state index contributed by atoms with van der Waals surface area (Å²) in [6, 6.07) is 20.2. The summed E-state index contributed by atoms with van der Waals surface area (Å²) in [4.78, 5) is 26.2. The number of carbonyl (C=O) groups is 2. The summed E-state index contributed by atoms with van der Waals surface area (Å²) in [6.07, 6.45) is 0.579. The first-order valence-corrected chi connectivity index (χ1v) is 8.99. The molecule has 0 spiro atoms. The molecule has 2 aromatic rings. The highest BCUT2D eigenvalue weighted by atomic mass is 16.5. The van der Waals surface area contributed by atoms with Gasteiger partial charge in [0.2, 0.25) is 5.91 Å². The van der Waals surface area contributed by atoms with Gasteiger partial charge in [0.05, 0.1) is 13.5 Å². The molecule has 0 radical (unpaired) electrons. The summed E-state index contributed by atoms with van der Waals surface area (Å²) >= 11 is 0. The average molecular weight is 353 g/mol. The first-order chi connectivity index (χ1) is 12.5. The van der Waals surface area contributed by atoms with Crippen LogP contribution in [0.25, 0.3) is 0 Å². The number of amides is 1. The van der Waals surface area contributed by atoms with Gasteiger partial charge in [0.1, 0.15) is 0 Å². The number of rotatable bonds is 8. The van der Waals surface area contributed by atoms with Crippen LogP contribution in [0.1, 0.15) is 43.7 Å². The van der Waals surface area contributed by atoms with Crippen molar-refractivity contribution in [3.05, 3.63) is 71.8 Å². The maximum atomic E-state index is 13.0. The number of benzene rings is 2. The third kappa shape index (κ3) is 5.45. The molecule has 0 atom stereocenters. The molecule has 0 aliphatic rings. The van der Waals surface area contributed by atoms with Gasteiger partial charge in [0.15, 0.2) is 0 Å². The highest BCUT2D eigenvalue weighted by Crippen LogP contribution is 2.29. The van der Waals surface area contributed by atoms with Gasteiger partial charge in [-0.05, 0) is 25.0 Å². The molecule has 0 fully saturated rings. The Morgan fingerprint density at radius 3 is 1.85 bits per heavy atom. The van der Waals surface area contributed by atoms with Crippen molar-refractivity contribution >= 4 is 11.9 Å². The van der Waals surface area contributed by atoms with Gasteiger partial charge >= 0.3 is 5.97 Å². The van der Waals surface area contributed by atoms with Gasteiger partial charge in [-0.1, -0.05) is 60.7 Å². The molecule has 0 unspecified atom stereocenters. The molecule has 0 saturated carbocycles. The van der Waals surface area contributed by atoms with E-state index in [9.17, 15) is 9.59 Å². The zero-order valence-corrected chi connectivity index (χ0v) is 15.7. The lowest BCUT2D eigenvalue weighted by Gasteiger charge is -2.29. The Balaban J connectivity index is 2.20. The third-order valence-corrected chi connectivity index (χ3v) is 4.51. The Hall–Kier alpha value is -2.62. The Kier molecular flexibility index (Phi) is 7.39. The van der Waals surface area contributed by atoms with E-state index >= 15 is 0 Å². The van der Waals surface area contributed by atoms with Crippen molar-refractivity contribution in [3.63, 3.8) is 0 Å². The molecule has 0 bridgehead atoms. The molecule has 26 heavy (non-hydrogen) atoms. The Morgan fingerprint density at radius 1 is 0.923 bits per heavy atom. The number of esters is 1. The molecule has 0 saturated heterocycles. The van der Waals surface area contributed by atoms with Gasteiger partial charge in [0.25, 0.3) is 0 Å². The van der Waals surface area contributed by atoms with Crippen LogP contribution in [0.5, 0.6) is 0 Å². The van der Waals surface area contributed by atoms with Gasteiger partial charge < -0.3 is 9.64 Å². The van der Waals surface area contributed by atoms with Crippen molar-refractivity contribution in [2.45, 2.75) is 38.6 Å². The topological polar surface area (TPSA) is 46.6 Å². The maximum absolute atomic E-state index is 13.0. The molecule has 2 aromatic carbocycles.